The van der Waals surface area contributed by atoms with Crippen LogP contribution in [0.3, 0.4) is 0 Å². The second-order valence-electron chi connectivity index (χ2n) is 7.34. The molecule has 0 fully saturated rings. The highest BCUT2D eigenvalue weighted by Gasteiger charge is 2.20. The number of hydrogen-bond acceptors (Lipinski definition) is 4. The zero-order valence-corrected chi connectivity index (χ0v) is 16.0. The van der Waals surface area contributed by atoms with Crippen molar-refractivity contribution in [3.63, 3.8) is 0 Å². The van der Waals surface area contributed by atoms with Crippen molar-refractivity contribution >= 4 is 16.8 Å². The Morgan fingerprint density at radius 2 is 1.89 bits per heavy atom. The van der Waals surface area contributed by atoms with E-state index in [1.165, 1.54) is 22.0 Å². The molecule has 4 rings (SSSR count). The maximum atomic E-state index is 12.5. The number of benzene rings is 2. The Morgan fingerprint density at radius 1 is 1.14 bits per heavy atom. The van der Waals surface area contributed by atoms with E-state index in [-0.39, 0.29) is 24.1 Å². The molecule has 0 bridgehead atoms. The molecule has 1 aromatic heterocycles. The first-order valence-corrected chi connectivity index (χ1v) is 9.63. The van der Waals surface area contributed by atoms with Crippen molar-refractivity contribution in [2.75, 3.05) is 13.1 Å². The summed E-state index contributed by atoms with van der Waals surface area (Å²) in [5, 5.41) is 3.49. The Kier molecular flexibility index (Phi) is 5.21. The SMILES string of the molecule is CC(CNC(=O)Cn1cnc2ccccc2c1=O)N1CCc2ccccc2C1. The fraction of sp³-hybridized carbons (Fsp3) is 0.318. The lowest BCUT2D eigenvalue weighted by atomic mass is 9.99. The second-order valence-corrected chi connectivity index (χ2v) is 7.34. The van der Waals surface area contributed by atoms with Crippen LogP contribution in [-0.4, -0.2) is 39.5 Å². The van der Waals surface area contributed by atoms with Gasteiger partial charge in [-0.2, -0.15) is 0 Å². The molecule has 28 heavy (non-hydrogen) atoms. The van der Waals surface area contributed by atoms with Crippen LogP contribution in [0.4, 0.5) is 0 Å². The van der Waals surface area contributed by atoms with E-state index < -0.39 is 0 Å². The average molecular weight is 376 g/mol. The zero-order chi connectivity index (χ0) is 19.5. The number of hydrogen-bond donors (Lipinski definition) is 1. The third kappa shape index (κ3) is 3.82. The van der Waals surface area contributed by atoms with Crippen molar-refractivity contribution in [3.8, 4) is 0 Å². The van der Waals surface area contributed by atoms with Gasteiger partial charge in [-0.3, -0.25) is 19.1 Å². The number of amides is 1. The molecule has 3 aromatic rings. The maximum absolute atomic E-state index is 12.5. The largest absolute Gasteiger partial charge is 0.353 e. The van der Waals surface area contributed by atoms with Gasteiger partial charge in [-0.15, -0.1) is 0 Å². The van der Waals surface area contributed by atoms with Gasteiger partial charge in [-0.05, 0) is 36.6 Å². The third-order valence-corrected chi connectivity index (χ3v) is 5.42. The van der Waals surface area contributed by atoms with Gasteiger partial charge in [0.05, 0.1) is 17.2 Å². The van der Waals surface area contributed by atoms with Crippen LogP contribution < -0.4 is 10.9 Å². The Morgan fingerprint density at radius 3 is 2.75 bits per heavy atom. The minimum absolute atomic E-state index is 0.0216. The molecule has 6 heteroatoms. The first-order chi connectivity index (χ1) is 13.6. The standard InChI is InChI=1S/C22H24N4O2/c1-16(25-11-10-17-6-2-3-7-18(17)13-25)12-23-21(27)14-26-15-24-20-9-5-4-8-19(20)22(26)28/h2-9,15-16H,10-14H2,1H3,(H,23,27). The van der Waals surface area contributed by atoms with Crippen molar-refractivity contribution in [2.45, 2.75) is 32.5 Å². The Hall–Kier alpha value is -2.99. The van der Waals surface area contributed by atoms with E-state index in [2.05, 4.69) is 46.4 Å². The zero-order valence-electron chi connectivity index (χ0n) is 16.0. The van der Waals surface area contributed by atoms with Gasteiger partial charge in [0.1, 0.15) is 6.54 Å². The number of carbonyl (C=O) groups excluding carboxylic acids is 1. The number of nitrogens with zero attached hydrogens (tertiary/aromatic N) is 3. The molecule has 1 N–H and O–H groups in total. The fourth-order valence-electron chi connectivity index (χ4n) is 3.71. The molecule has 144 valence electrons. The molecule has 1 aliphatic heterocycles. The molecule has 1 aliphatic rings. The van der Waals surface area contributed by atoms with Gasteiger partial charge >= 0.3 is 0 Å². The van der Waals surface area contributed by atoms with Gasteiger partial charge in [0, 0.05) is 25.7 Å². The van der Waals surface area contributed by atoms with Crippen molar-refractivity contribution in [2.24, 2.45) is 0 Å². The monoisotopic (exact) mass is 376 g/mol. The molecule has 1 atom stereocenters. The third-order valence-electron chi connectivity index (χ3n) is 5.42. The lowest BCUT2D eigenvalue weighted by Gasteiger charge is -2.33. The summed E-state index contributed by atoms with van der Waals surface area (Å²) in [5.41, 5.74) is 3.23. The van der Waals surface area contributed by atoms with Gasteiger partial charge in [-0.1, -0.05) is 36.4 Å². The normalized spacial score (nSPS) is 15.2. The molecule has 0 aliphatic carbocycles. The van der Waals surface area contributed by atoms with Gasteiger partial charge in [0.15, 0.2) is 0 Å². The lowest BCUT2D eigenvalue weighted by Crippen LogP contribution is -2.45. The number of nitrogens with one attached hydrogen (secondary N) is 1. The van der Waals surface area contributed by atoms with E-state index in [1.54, 1.807) is 18.2 Å². The van der Waals surface area contributed by atoms with Crippen molar-refractivity contribution < 1.29 is 4.79 Å². The minimum atomic E-state index is -0.193. The first kappa shape index (κ1) is 18.4. The molecule has 6 nitrogen and oxygen atoms in total. The summed E-state index contributed by atoms with van der Waals surface area (Å²) in [5.74, 6) is -0.177. The van der Waals surface area contributed by atoms with E-state index in [4.69, 9.17) is 0 Å². The maximum Gasteiger partial charge on any atom is 0.261 e. The van der Waals surface area contributed by atoms with Crippen LogP contribution in [0, 0.1) is 0 Å². The predicted octanol–water partition coefficient (Wildman–Crippen LogP) is 1.96. The van der Waals surface area contributed by atoms with Crippen LogP contribution in [0.2, 0.25) is 0 Å². The van der Waals surface area contributed by atoms with Crippen LogP contribution in [0.25, 0.3) is 10.9 Å². The Balaban J connectivity index is 1.35. The summed E-state index contributed by atoms with van der Waals surface area (Å²) >= 11 is 0. The summed E-state index contributed by atoms with van der Waals surface area (Å²) < 4.78 is 1.36. The Labute approximate surface area is 163 Å². The summed E-state index contributed by atoms with van der Waals surface area (Å²) in [6.45, 7) is 4.55. The number of para-hydroxylation sites is 1. The molecule has 0 saturated heterocycles. The summed E-state index contributed by atoms with van der Waals surface area (Å²) in [7, 11) is 0. The van der Waals surface area contributed by atoms with Gasteiger partial charge < -0.3 is 5.32 Å². The van der Waals surface area contributed by atoms with Crippen LogP contribution in [0.1, 0.15) is 18.1 Å². The molecule has 1 amide bonds. The lowest BCUT2D eigenvalue weighted by molar-refractivity contribution is -0.122. The van der Waals surface area contributed by atoms with Crippen LogP contribution in [-0.2, 0) is 24.3 Å². The fourth-order valence-corrected chi connectivity index (χ4v) is 3.71. The highest BCUT2D eigenvalue weighted by atomic mass is 16.2. The van der Waals surface area contributed by atoms with E-state index >= 15 is 0 Å². The average Bonchev–Trinajstić information content (AvgIpc) is 2.74. The van der Waals surface area contributed by atoms with Gasteiger partial charge in [-0.25, -0.2) is 4.98 Å². The first-order valence-electron chi connectivity index (χ1n) is 9.63. The molecule has 0 radical (unpaired) electrons. The smallest absolute Gasteiger partial charge is 0.261 e. The van der Waals surface area contributed by atoms with Crippen LogP contribution >= 0.6 is 0 Å². The summed E-state index contributed by atoms with van der Waals surface area (Å²) in [6.07, 6.45) is 2.47. The van der Waals surface area contributed by atoms with E-state index in [0.717, 1.165) is 19.5 Å². The molecule has 0 spiro atoms. The van der Waals surface area contributed by atoms with Crippen molar-refractivity contribution in [1.82, 2.24) is 19.8 Å². The number of fused-ring (bicyclic) bond motifs is 2. The molecule has 2 heterocycles. The predicted molar refractivity (Wildman–Crippen MR) is 109 cm³/mol. The van der Waals surface area contributed by atoms with Crippen LogP contribution in [0.15, 0.2) is 59.7 Å². The van der Waals surface area contributed by atoms with E-state index in [0.29, 0.717) is 17.4 Å². The van der Waals surface area contributed by atoms with Crippen molar-refractivity contribution in [1.29, 1.82) is 0 Å². The molecular weight excluding hydrogens is 352 g/mol. The molecule has 2 aromatic carbocycles. The number of carbonyl (C=O) groups is 1. The minimum Gasteiger partial charge on any atom is -0.353 e. The quantitative estimate of drug-likeness (QED) is 0.739. The Bertz CT molecular complexity index is 1060. The topological polar surface area (TPSA) is 67.2 Å². The van der Waals surface area contributed by atoms with Gasteiger partial charge in [0.25, 0.3) is 5.56 Å². The molecule has 1 unspecified atom stereocenters. The molecule has 0 saturated carbocycles. The van der Waals surface area contributed by atoms with E-state index in [1.807, 2.05) is 6.07 Å². The molecular formula is C22H24N4O2. The van der Waals surface area contributed by atoms with Gasteiger partial charge in [0.2, 0.25) is 5.91 Å². The van der Waals surface area contributed by atoms with Crippen LogP contribution in [0.5, 0.6) is 0 Å². The summed E-state index contributed by atoms with van der Waals surface area (Å²) in [6, 6.07) is 15.9. The number of rotatable bonds is 5. The number of aromatic nitrogens is 2. The second kappa shape index (κ2) is 7.94. The highest BCUT2D eigenvalue weighted by molar-refractivity contribution is 5.78. The summed E-state index contributed by atoms with van der Waals surface area (Å²) in [4.78, 5) is 31.5. The van der Waals surface area contributed by atoms with Crippen molar-refractivity contribution in [3.05, 3.63) is 76.3 Å². The highest BCUT2D eigenvalue weighted by Crippen LogP contribution is 2.19. The van der Waals surface area contributed by atoms with E-state index in [9.17, 15) is 9.59 Å².